The first-order valence-electron chi connectivity index (χ1n) is 5.33. The molecule has 2 rings (SSSR count). The van der Waals surface area contributed by atoms with E-state index in [1.165, 1.54) is 12.1 Å². The van der Waals surface area contributed by atoms with Gasteiger partial charge in [0.05, 0.1) is 10.3 Å². The molecule has 0 bridgehead atoms. The van der Waals surface area contributed by atoms with Gasteiger partial charge in [-0.2, -0.15) is 11.8 Å². The van der Waals surface area contributed by atoms with Crippen LogP contribution < -0.4 is 0 Å². The summed E-state index contributed by atoms with van der Waals surface area (Å²) in [6, 6.07) is 4.48. The lowest BCUT2D eigenvalue weighted by atomic mass is 10.1. The Morgan fingerprint density at radius 3 is 2.94 bits per heavy atom. The maximum Gasteiger partial charge on any atom is 0.151 e. The molecule has 0 spiro atoms. The molecule has 1 heterocycles. The molecule has 1 unspecified atom stereocenters. The highest BCUT2D eigenvalue weighted by molar-refractivity contribution is 8.07. The number of thioether (sulfide) groups is 2. The number of Topliss-reactive ketones (excluding diaryl/α,β-unsaturated/α-hetero) is 1. The van der Waals surface area contributed by atoms with Gasteiger partial charge in [0.1, 0.15) is 5.82 Å². The van der Waals surface area contributed by atoms with Crippen molar-refractivity contribution in [2.75, 3.05) is 17.3 Å². The van der Waals surface area contributed by atoms with Crippen molar-refractivity contribution < 1.29 is 9.18 Å². The molecule has 0 aromatic heterocycles. The molecule has 1 atom stereocenters. The first-order chi connectivity index (χ1) is 8.16. The predicted octanol–water partition coefficient (Wildman–Crippen LogP) is 3.44. The molecule has 17 heavy (non-hydrogen) atoms. The Hall–Kier alpha value is -0.190. The molecule has 0 N–H and O–H groups in total. The van der Waals surface area contributed by atoms with Crippen molar-refractivity contribution in [2.45, 2.75) is 11.7 Å². The van der Waals surface area contributed by atoms with Crippen LogP contribution in [0.4, 0.5) is 4.39 Å². The lowest BCUT2D eigenvalue weighted by molar-refractivity contribution is -0.117. The first kappa shape index (κ1) is 13.2. The predicted molar refractivity (Wildman–Crippen MR) is 73.7 cm³/mol. The van der Waals surface area contributed by atoms with E-state index in [4.69, 9.17) is 11.6 Å². The molecule has 0 aliphatic carbocycles. The molecule has 92 valence electrons. The number of rotatable bonds is 3. The summed E-state index contributed by atoms with van der Waals surface area (Å²) in [5, 5.41) is 0.165. The van der Waals surface area contributed by atoms with Gasteiger partial charge in [-0.3, -0.25) is 4.79 Å². The molecular formula is C12H12ClFOS2. The molecule has 1 aromatic rings. The van der Waals surface area contributed by atoms with Gasteiger partial charge in [0.2, 0.25) is 0 Å². The minimum absolute atomic E-state index is 0.0811. The number of hydrogen-bond acceptors (Lipinski definition) is 3. The van der Waals surface area contributed by atoms with Gasteiger partial charge < -0.3 is 0 Å². The number of benzene rings is 1. The van der Waals surface area contributed by atoms with Crippen LogP contribution in [0, 0.1) is 5.82 Å². The lowest BCUT2D eigenvalue weighted by Crippen LogP contribution is -2.25. The summed E-state index contributed by atoms with van der Waals surface area (Å²) >= 11 is 9.23. The van der Waals surface area contributed by atoms with Crippen molar-refractivity contribution in [2.24, 2.45) is 0 Å². The normalized spacial score (nSPS) is 20.2. The van der Waals surface area contributed by atoms with Crippen molar-refractivity contribution in [1.82, 2.24) is 0 Å². The molecule has 0 saturated carbocycles. The number of ketones is 1. The molecule has 1 nitrogen and oxygen atoms in total. The zero-order valence-corrected chi connectivity index (χ0v) is 11.5. The van der Waals surface area contributed by atoms with Crippen LogP contribution in [0.2, 0.25) is 5.02 Å². The summed E-state index contributed by atoms with van der Waals surface area (Å²) in [5.41, 5.74) is 0.789. The summed E-state index contributed by atoms with van der Waals surface area (Å²) < 4.78 is 13.0. The Morgan fingerprint density at radius 1 is 1.47 bits per heavy atom. The van der Waals surface area contributed by atoms with Gasteiger partial charge >= 0.3 is 0 Å². The highest BCUT2D eigenvalue weighted by Crippen LogP contribution is 2.26. The third-order valence-corrected chi connectivity index (χ3v) is 5.63. The SMILES string of the molecule is O=C(Cc1ccc(F)c(Cl)c1)C1CSCCS1. The molecule has 1 aromatic carbocycles. The third kappa shape index (κ3) is 3.63. The number of carbonyl (C=O) groups excluding carboxylic acids is 1. The fourth-order valence-corrected chi connectivity index (χ4v) is 4.49. The zero-order chi connectivity index (χ0) is 12.3. The van der Waals surface area contributed by atoms with Crippen molar-refractivity contribution in [3.05, 3.63) is 34.6 Å². The maximum absolute atomic E-state index is 13.0. The van der Waals surface area contributed by atoms with E-state index in [0.717, 1.165) is 22.8 Å². The fourth-order valence-electron chi connectivity index (χ4n) is 1.64. The van der Waals surface area contributed by atoms with Crippen molar-refractivity contribution in [3.8, 4) is 0 Å². The Morgan fingerprint density at radius 2 is 2.29 bits per heavy atom. The summed E-state index contributed by atoms with van der Waals surface area (Å²) in [7, 11) is 0. The van der Waals surface area contributed by atoms with Crippen LogP contribution in [-0.4, -0.2) is 28.3 Å². The fraction of sp³-hybridized carbons (Fsp3) is 0.417. The van der Waals surface area contributed by atoms with E-state index < -0.39 is 5.82 Å². The molecule has 0 radical (unpaired) electrons. The maximum atomic E-state index is 13.0. The van der Waals surface area contributed by atoms with Crippen LogP contribution in [0.5, 0.6) is 0 Å². The molecule has 1 aliphatic rings. The second kappa shape index (κ2) is 6.12. The van der Waals surface area contributed by atoms with Gasteiger partial charge in [-0.1, -0.05) is 17.7 Å². The summed E-state index contributed by atoms with van der Waals surface area (Å²) in [6.07, 6.45) is 0.345. The van der Waals surface area contributed by atoms with Gasteiger partial charge in [-0.25, -0.2) is 4.39 Å². The van der Waals surface area contributed by atoms with E-state index in [9.17, 15) is 9.18 Å². The van der Waals surface area contributed by atoms with Crippen molar-refractivity contribution in [3.63, 3.8) is 0 Å². The van der Waals surface area contributed by atoms with Gasteiger partial charge in [-0.15, -0.1) is 11.8 Å². The van der Waals surface area contributed by atoms with Crippen LogP contribution in [0.1, 0.15) is 5.56 Å². The van der Waals surface area contributed by atoms with E-state index in [1.54, 1.807) is 17.8 Å². The Bertz CT molecular complexity index is 419. The second-order valence-corrected chi connectivity index (χ2v) is 6.69. The van der Waals surface area contributed by atoms with E-state index in [-0.39, 0.29) is 16.1 Å². The first-order valence-corrected chi connectivity index (χ1v) is 7.91. The molecule has 0 amide bonds. The summed E-state index contributed by atoms with van der Waals surface area (Å²) in [4.78, 5) is 12.0. The van der Waals surface area contributed by atoms with E-state index in [1.807, 2.05) is 11.8 Å². The quantitative estimate of drug-likeness (QED) is 0.849. The standard InChI is InChI=1S/C12H12ClFOS2/c13-9-5-8(1-2-10(9)14)6-11(15)12-7-16-3-4-17-12/h1-2,5,12H,3-4,6-7H2. The smallest absolute Gasteiger partial charge is 0.151 e. The van der Waals surface area contributed by atoms with Gasteiger partial charge in [0.25, 0.3) is 0 Å². The van der Waals surface area contributed by atoms with Gasteiger partial charge in [0.15, 0.2) is 5.78 Å². The largest absolute Gasteiger partial charge is 0.298 e. The topological polar surface area (TPSA) is 17.1 Å². The number of hydrogen-bond donors (Lipinski definition) is 0. The van der Waals surface area contributed by atoms with Gasteiger partial charge in [-0.05, 0) is 17.7 Å². The highest BCUT2D eigenvalue weighted by Gasteiger charge is 2.22. The van der Waals surface area contributed by atoms with E-state index in [2.05, 4.69) is 0 Å². The Kier molecular flexibility index (Phi) is 4.77. The summed E-state index contributed by atoms with van der Waals surface area (Å²) in [5.74, 6) is 2.82. The number of halogens is 2. The molecular weight excluding hydrogens is 279 g/mol. The van der Waals surface area contributed by atoms with Crippen LogP contribution in [-0.2, 0) is 11.2 Å². The zero-order valence-electron chi connectivity index (χ0n) is 9.12. The average molecular weight is 291 g/mol. The molecule has 1 saturated heterocycles. The van der Waals surface area contributed by atoms with Crippen molar-refractivity contribution >= 4 is 40.9 Å². The molecule has 1 fully saturated rings. The van der Waals surface area contributed by atoms with Crippen LogP contribution in [0.15, 0.2) is 18.2 Å². The van der Waals surface area contributed by atoms with Crippen molar-refractivity contribution in [1.29, 1.82) is 0 Å². The Balaban J connectivity index is 1.99. The molecule has 5 heteroatoms. The van der Waals surface area contributed by atoms with E-state index >= 15 is 0 Å². The van der Waals surface area contributed by atoms with E-state index in [0.29, 0.717) is 6.42 Å². The minimum Gasteiger partial charge on any atom is -0.298 e. The lowest BCUT2D eigenvalue weighted by Gasteiger charge is -2.19. The number of carbonyl (C=O) groups is 1. The minimum atomic E-state index is -0.439. The third-order valence-electron chi connectivity index (χ3n) is 2.54. The Labute approximate surface area is 113 Å². The summed E-state index contributed by atoms with van der Waals surface area (Å²) in [6.45, 7) is 0. The van der Waals surface area contributed by atoms with Crippen LogP contribution >= 0.6 is 35.1 Å². The van der Waals surface area contributed by atoms with Gasteiger partial charge in [0, 0.05) is 23.7 Å². The monoisotopic (exact) mass is 290 g/mol. The highest BCUT2D eigenvalue weighted by atomic mass is 35.5. The van der Waals surface area contributed by atoms with Crippen LogP contribution in [0.3, 0.4) is 0 Å². The van der Waals surface area contributed by atoms with Crippen LogP contribution in [0.25, 0.3) is 0 Å². The average Bonchev–Trinajstić information content (AvgIpc) is 2.35. The second-order valence-electron chi connectivity index (χ2n) is 3.83. The molecule has 1 aliphatic heterocycles.